The van der Waals surface area contributed by atoms with Gasteiger partial charge in [0, 0.05) is 10.1 Å². The monoisotopic (exact) mass is 323 g/mol. The molecule has 1 aromatic rings. The van der Waals surface area contributed by atoms with Gasteiger partial charge in [0.2, 0.25) is 10.0 Å². The Kier molecular flexibility index (Phi) is 2.46. The van der Waals surface area contributed by atoms with Crippen LogP contribution in [0.3, 0.4) is 0 Å². The van der Waals surface area contributed by atoms with Crippen LogP contribution in [0, 0.1) is 3.57 Å². The standard InChI is InChI=1S/C9H10INO2S/c1-14(12,13)11-5-4-7-6-8(10)2-3-9(7)11/h2-3,6H,4-5H2,1H3. The van der Waals surface area contributed by atoms with E-state index in [2.05, 4.69) is 22.6 Å². The maximum Gasteiger partial charge on any atom is 0.232 e. The quantitative estimate of drug-likeness (QED) is 0.737. The van der Waals surface area contributed by atoms with Gasteiger partial charge in [-0.2, -0.15) is 0 Å². The molecule has 0 spiro atoms. The van der Waals surface area contributed by atoms with E-state index in [1.807, 2.05) is 18.2 Å². The number of sulfonamides is 1. The second-order valence-electron chi connectivity index (χ2n) is 3.36. The van der Waals surface area contributed by atoms with Crippen molar-refractivity contribution >= 4 is 38.3 Å². The molecule has 0 saturated carbocycles. The highest BCUT2D eigenvalue weighted by molar-refractivity contribution is 14.1. The highest BCUT2D eigenvalue weighted by Crippen LogP contribution is 2.30. The summed E-state index contributed by atoms with van der Waals surface area (Å²) in [6, 6.07) is 5.86. The molecule has 0 atom stereocenters. The summed E-state index contributed by atoms with van der Waals surface area (Å²) in [7, 11) is -3.10. The lowest BCUT2D eigenvalue weighted by Crippen LogP contribution is -2.27. The van der Waals surface area contributed by atoms with Crippen molar-refractivity contribution in [2.45, 2.75) is 6.42 Å². The Hall–Kier alpha value is -0.300. The van der Waals surface area contributed by atoms with Crippen molar-refractivity contribution in [3.63, 3.8) is 0 Å². The van der Waals surface area contributed by atoms with Crippen LogP contribution in [0.5, 0.6) is 0 Å². The largest absolute Gasteiger partial charge is 0.270 e. The van der Waals surface area contributed by atoms with Gasteiger partial charge in [-0.3, -0.25) is 4.31 Å². The van der Waals surface area contributed by atoms with E-state index in [-0.39, 0.29) is 0 Å². The van der Waals surface area contributed by atoms with Gasteiger partial charge in [0.25, 0.3) is 0 Å². The molecule has 1 aliphatic rings. The summed E-state index contributed by atoms with van der Waals surface area (Å²) in [6.07, 6.45) is 2.07. The summed E-state index contributed by atoms with van der Waals surface area (Å²) in [5, 5.41) is 0. The Balaban J connectivity index is 2.51. The highest BCUT2D eigenvalue weighted by Gasteiger charge is 2.25. The predicted octanol–water partition coefficient (Wildman–Crippen LogP) is 1.61. The maximum atomic E-state index is 11.4. The lowest BCUT2D eigenvalue weighted by molar-refractivity contribution is 0.598. The molecule has 0 saturated heterocycles. The van der Waals surface area contributed by atoms with E-state index in [0.717, 1.165) is 21.2 Å². The van der Waals surface area contributed by atoms with Gasteiger partial charge in [-0.1, -0.05) is 0 Å². The number of fused-ring (bicyclic) bond motifs is 1. The molecule has 0 aliphatic carbocycles. The van der Waals surface area contributed by atoms with Crippen LogP contribution < -0.4 is 4.31 Å². The Morgan fingerprint density at radius 2 is 2.14 bits per heavy atom. The van der Waals surface area contributed by atoms with Crippen LogP contribution in [0.4, 0.5) is 5.69 Å². The zero-order valence-electron chi connectivity index (χ0n) is 7.70. The van der Waals surface area contributed by atoms with E-state index in [1.165, 1.54) is 10.6 Å². The van der Waals surface area contributed by atoms with Gasteiger partial charge in [0.15, 0.2) is 0 Å². The van der Waals surface area contributed by atoms with Gasteiger partial charge in [-0.15, -0.1) is 0 Å². The molecule has 0 unspecified atom stereocenters. The summed E-state index contributed by atoms with van der Waals surface area (Å²) in [6.45, 7) is 0.578. The van der Waals surface area contributed by atoms with Crippen molar-refractivity contribution in [2.75, 3.05) is 17.1 Å². The summed E-state index contributed by atoms with van der Waals surface area (Å²) in [4.78, 5) is 0. The van der Waals surface area contributed by atoms with Crippen molar-refractivity contribution in [3.05, 3.63) is 27.3 Å². The third-order valence-corrected chi connectivity index (χ3v) is 4.15. The number of anilines is 1. The van der Waals surface area contributed by atoms with E-state index in [9.17, 15) is 8.42 Å². The van der Waals surface area contributed by atoms with Crippen molar-refractivity contribution < 1.29 is 8.42 Å². The Bertz CT molecular complexity index is 470. The summed E-state index contributed by atoms with van der Waals surface area (Å²) < 4.78 is 25.4. The minimum atomic E-state index is -3.10. The Labute approximate surface area is 97.3 Å². The predicted molar refractivity (Wildman–Crippen MR) is 65.1 cm³/mol. The topological polar surface area (TPSA) is 37.4 Å². The van der Waals surface area contributed by atoms with Gasteiger partial charge >= 0.3 is 0 Å². The smallest absolute Gasteiger partial charge is 0.232 e. The summed E-state index contributed by atoms with van der Waals surface area (Å²) in [5.74, 6) is 0. The van der Waals surface area contributed by atoms with Crippen LogP contribution in [0.2, 0.25) is 0 Å². The first-order chi connectivity index (χ1) is 6.48. The minimum absolute atomic E-state index is 0.578. The molecule has 0 N–H and O–H groups in total. The third-order valence-electron chi connectivity index (χ3n) is 2.29. The van der Waals surface area contributed by atoms with E-state index in [0.29, 0.717) is 6.54 Å². The SMILES string of the molecule is CS(=O)(=O)N1CCc2cc(I)ccc21. The van der Waals surface area contributed by atoms with Gasteiger partial charge in [0.05, 0.1) is 11.9 Å². The van der Waals surface area contributed by atoms with Crippen LogP contribution in [0.25, 0.3) is 0 Å². The van der Waals surface area contributed by atoms with Gasteiger partial charge in [-0.25, -0.2) is 8.42 Å². The average Bonchev–Trinajstić information content (AvgIpc) is 2.45. The molecule has 14 heavy (non-hydrogen) atoms. The maximum absolute atomic E-state index is 11.4. The number of nitrogens with zero attached hydrogens (tertiary/aromatic N) is 1. The fourth-order valence-electron chi connectivity index (χ4n) is 1.68. The molecule has 1 aliphatic heterocycles. The Morgan fingerprint density at radius 1 is 1.43 bits per heavy atom. The normalized spacial score (nSPS) is 15.7. The second-order valence-corrected chi connectivity index (χ2v) is 6.51. The Morgan fingerprint density at radius 3 is 2.79 bits per heavy atom. The summed E-state index contributed by atoms with van der Waals surface area (Å²) in [5.41, 5.74) is 1.97. The minimum Gasteiger partial charge on any atom is -0.270 e. The number of halogens is 1. The fourth-order valence-corrected chi connectivity index (χ4v) is 3.20. The van der Waals surface area contributed by atoms with Crippen molar-refractivity contribution in [1.82, 2.24) is 0 Å². The first-order valence-electron chi connectivity index (χ1n) is 4.24. The van der Waals surface area contributed by atoms with E-state index in [4.69, 9.17) is 0 Å². The zero-order valence-corrected chi connectivity index (χ0v) is 10.7. The van der Waals surface area contributed by atoms with Gasteiger partial charge in [0.1, 0.15) is 0 Å². The fraction of sp³-hybridized carbons (Fsp3) is 0.333. The van der Waals surface area contributed by atoms with Gasteiger partial charge in [-0.05, 0) is 52.8 Å². The number of hydrogen-bond donors (Lipinski definition) is 0. The van der Waals surface area contributed by atoms with Crippen LogP contribution in [0.15, 0.2) is 18.2 Å². The van der Waals surface area contributed by atoms with Crippen molar-refractivity contribution in [2.24, 2.45) is 0 Å². The van der Waals surface area contributed by atoms with Gasteiger partial charge < -0.3 is 0 Å². The molecule has 0 radical (unpaired) electrons. The molecule has 3 nitrogen and oxygen atoms in total. The third kappa shape index (κ3) is 1.75. The van der Waals surface area contributed by atoms with Crippen LogP contribution >= 0.6 is 22.6 Å². The van der Waals surface area contributed by atoms with E-state index < -0.39 is 10.0 Å². The van der Waals surface area contributed by atoms with E-state index >= 15 is 0 Å². The van der Waals surface area contributed by atoms with Crippen LogP contribution in [-0.2, 0) is 16.4 Å². The molecule has 0 bridgehead atoms. The molecule has 1 heterocycles. The average molecular weight is 323 g/mol. The number of rotatable bonds is 1. The first kappa shape index (κ1) is 10.2. The number of benzene rings is 1. The molecule has 0 aromatic heterocycles. The van der Waals surface area contributed by atoms with Crippen molar-refractivity contribution in [3.8, 4) is 0 Å². The van der Waals surface area contributed by atoms with Crippen LogP contribution in [0.1, 0.15) is 5.56 Å². The molecule has 2 rings (SSSR count). The molecular formula is C9H10INO2S. The molecule has 0 fully saturated rings. The molecule has 1 aromatic carbocycles. The number of hydrogen-bond acceptors (Lipinski definition) is 2. The lowest BCUT2D eigenvalue weighted by Gasteiger charge is -2.16. The zero-order chi connectivity index (χ0) is 10.3. The molecule has 76 valence electrons. The molecular weight excluding hydrogens is 313 g/mol. The molecule has 5 heteroatoms. The first-order valence-corrected chi connectivity index (χ1v) is 7.17. The lowest BCUT2D eigenvalue weighted by atomic mass is 10.2. The van der Waals surface area contributed by atoms with E-state index in [1.54, 1.807) is 0 Å². The van der Waals surface area contributed by atoms with Crippen molar-refractivity contribution in [1.29, 1.82) is 0 Å². The summed E-state index contributed by atoms with van der Waals surface area (Å²) >= 11 is 2.23. The molecule has 0 amide bonds. The second kappa shape index (κ2) is 3.37. The highest BCUT2D eigenvalue weighted by atomic mass is 127. The van der Waals surface area contributed by atoms with Crippen LogP contribution in [-0.4, -0.2) is 21.2 Å².